The van der Waals surface area contributed by atoms with Crippen molar-refractivity contribution >= 4 is 11.3 Å². The van der Waals surface area contributed by atoms with Crippen LogP contribution >= 0.6 is 11.3 Å². The highest BCUT2D eigenvalue weighted by Crippen LogP contribution is 2.27. The minimum atomic E-state index is 0.189. The topological polar surface area (TPSA) is 35.2 Å². The second kappa shape index (κ2) is 7.10. The average molecular weight is 303 g/mol. The Morgan fingerprint density at radius 3 is 2.29 bits per heavy atom. The highest BCUT2D eigenvalue weighted by atomic mass is 32.1. The predicted octanol–water partition coefficient (Wildman–Crippen LogP) is 4.40. The van der Waals surface area contributed by atoms with Gasteiger partial charge < -0.3 is 10.5 Å². The van der Waals surface area contributed by atoms with Crippen LogP contribution in [0.25, 0.3) is 0 Å². The zero-order valence-corrected chi connectivity index (χ0v) is 14.2. The van der Waals surface area contributed by atoms with Gasteiger partial charge >= 0.3 is 0 Å². The van der Waals surface area contributed by atoms with E-state index in [0.29, 0.717) is 6.61 Å². The van der Waals surface area contributed by atoms with E-state index in [1.54, 1.807) is 0 Å². The zero-order chi connectivity index (χ0) is 15.4. The number of hydrogen-bond donors (Lipinski definition) is 1. The molecular formula is C18H25NOS. The van der Waals surface area contributed by atoms with E-state index in [9.17, 15) is 0 Å². The van der Waals surface area contributed by atoms with Crippen molar-refractivity contribution in [2.75, 3.05) is 0 Å². The highest BCUT2D eigenvalue weighted by molar-refractivity contribution is 7.11. The molecule has 0 bridgehead atoms. The third-order valence-electron chi connectivity index (χ3n) is 3.50. The standard InChI is InChI=1S/C18H25NOS/c1-5-16-6-7-17(21-16)11-20-18-12(2)8-15(9-13(18)3)10-14(4)19/h6-9,14H,5,10-11,19H2,1-4H3. The summed E-state index contributed by atoms with van der Waals surface area (Å²) in [5.41, 5.74) is 9.56. The largest absolute Gasteiger partial charge is 0.488 e. The predicted molar refractivity (Wildman–Crippen MR) is 91.3 cm³/mol. The van der Waals surface area contributed by atoms with Crippen LogP contribution in [0.2, 0.25) is 0 Å². The lowest BCUT2D eigenvalue weighted by Crippen LogP contribution is -2.18. The Morgan fingerprint density at radius 1 is 1.14 bits per heavy atom. The summed E-state index contributed by atoms with van der Waals surface area (Å²) in [5, 5.41) is 0. The zero-order valence-electron chi connectivity index (χ0n) is 13.4. The molecule has 2 aromatic rings. The molecule has 0 saturated heterocycles. The lowest BCUT2D eigenvalue weighted by Gasteiger charge is -2.14. The van der Waals surface area contributed by atoms with E-state index in [4.69, 9.17) is 10.5 Å². The van der Waals surface area contributed by atoms with E-state index in [0.717, 1.165) is 18.6 Å². The van der Waals surface area contributed by atoms with Gasteiger partial charge in [-0.25, -0.2) is 0 Å². The summed E-state index contributed by atoms with van der Waals surface area (Å²) < 4.78 is 6.05. The van der Waals surface area contributed by atoms with Crippen LogP contribution in [0.15, 0.2) is 24.3 Å². The van der Waals surface area contributed by atoms with Crippen LogP contribution in [-0.4, -0.2) is 6.04 Å². The molecule has 1 heterocycles. The molecule has 0 aliphatic carbocycles. The average Bonchev–Trinajstić information content (AvgIpc) is 2.85. The molecule has 0 aliphatic rings. The van der Waals surface area contributed by atoms with Crippen molar-refractivity contribution < 1.29 is 4.74 Å². The summed E-state index contributed by atoms with van der Waals surface area (Å²) in [6.45, 7) is 9.09. The van der Waals surface area contributed by atoms with E-state index in [1.807, 2.05) is 18.3 Å². The number of rotatable bonds is 6. The number of nitrogens with two attached hydrogens (primary N) is 1. The fourth-order valence-electron chi connectivity index (χ4n) is 2.59. The van der Waals surface area contributed by atoms with Crippen LogP contribution in [0.5, 0.6) is 5.75 Å². The smallest absolute Gasteiger partial charge is 0.125 e. The molecule has 0 fully saturated rings. The van der Waals surface area contributed by atoms with E-state index in [-0.39, 0.29) is 6.04 Å². The number of benzene rings is 1. The Morgan fingerprint density at radius 2 is 1.76 bits per heavy atom. The second-order valence-corrected chi connectivity index (χ2v) is 7.00. The maximum absolute atomic E-state index is 6.05. The van der Waals surface area contributed by atoms with Crippen LogP contribution in [0.4, 0.5) is 0 Å². The number of hydrogen-bond acceptors (Lipinski definition) is 3. The Hall–Kier alpha value is -1.32. The van der Waals surface area contributed by atoms with Gasteiger partial charge in [0.2, 0.25) is 0 Å². The van der Waals surface area contributed by atoms with E-state index < -0.39 is 0 Å². The maximum atomic E-state index is 6.05. The van der Waals surface area contributed by atoms with Gasteiger partial charge in [-0.05, 0) is 62.4 Å². The molecule has 0 aliphatic heterocycles. The van der Waals surface area contributed by atoms with Crippen LogP contribution < -0.4 is 10.5 Å². The van der Waals surface area contributed by atoms with Gasteiger partial charge in [-0.15, -0.1) is 11.3 Å². The maximum Gasteiger partial charge on any atom is 0.125 e. The Bertz CT molecular complexity index is 578. The quantitative estimate of drug-likeness (QED) is 0.858. The Labute approximate surface area is 132 Å². The molecule has 21 heavy (non-hydrogen) atoms. The van der Waals surface area contributed by atoms with Crippen molar-refractivity contribution in [1.82, 2.24) is 0 Å². The van der Waals surface area contributed by atoms with Crippen LogP contribution in [0.1, 0.15) is 40.3 Å². The molecule has 0 spiro atoms. The van der Waals surface area contributed by atoms with Crippen LogP contribution in [0, 0.1) is 13.8 Å². The lowest BCUT2D eigenvalue weighted by molar-refractivity contribution is 0.305. The van der Waals surface area contributed by atoms with Crippen LogP contribution in [-0.2, 0) is 19.4 Å². The first-order valence-corrected chi connectivity index (χ1v) is 8.37. The van der Waals surface area contributed by atoms with Crippen molar-refractivity contribution in [3.8, 4) is 5.75 Å². The molecule has 2 N–H and O–H groups in total. The number of aryl methyl sites for hydroxylation is 3. The Balaban J connectivity index is 2.09. The van der Waals surface area contributed by atoms with Crippen molar-refractivity contribution in [2.45, 2.75) is 53.2 Å². The Kier molecular flexibility index (Phi) is 5.43. The van der Waals surface area contributed by atoms with Gasteiger partial charge in [-0.1, -0.05) is 19.1 Å². The third kappa shape index (κ3) is 4.32. The molecule has 1 unspecified atom stereocenters. The number of ether oxygens (including phenoxy) is 1. The summed E-state index contributed by atoms with van der Waals surface area (Å²) in [4.78, 5) is 2.69. The molecule has 1 aromatic heterocycles. The molecule has 0 saturated carbocycles. The molecule has 2 nitrogen and oxygen atoms in total. The summed E-state index contributed by atoms with van der Waals surface area (Å²) in [6.07, 6.45) is 2.00. The molecular weight excluding hydrogens is 278 g/mol. The van der Waals surface area contributed by atoms with E-state index >= 15 is 0 Å². The second-order valence-electron chi connectivity index (χ2n) is 5.75. The molecule has 2 rings (SSSR count). The monoisotopic (exact) mass is 303 g/mol. The minimum absolute atomic E-state index is 0.189. The molecule has 3 heteroatoms. The normalized spacial score (nSPS) is 12.4. The van der Waals surface area contributed by atoms with Gasteiger partial charge in [-0.3, -0.25) is 0 Å². The fraction of sp³-hybridized carbons (Fsp3) is 0.444. The van der Waals surface area contributed by atoms with E-state index in [1.165, 1.54) is 26.4 Å². The van der Waals surface area contributed by atoms with E-state index in [2.05, 4.69) is 45.0 Å². The van der Waals surface area contributed by atoms with Crippen molar-refractivity contribution in [3.63, 3.8) is 0 Å². The summed E-state index contributed by atoms with van der Waals surface area (Å²) >= 11 is 1.83. The van der Waals surface area contributed by atoms with Gasteiger partial charge in [0.1, 0.15) is 12.4 Å². The van der Waals surface area contributed by atoms with Gasteiger partial charge in [-0.2, -0.15) is 0 Å². The van der Waals surface area contributed by atoms with Gasteiger partial charge in [0.25, 0.3) is 0 Å². The lowest BCUT2D eigenvalue weighted by atomic mass is 10.0. The first kappa shape index (κ1) is 16.1. The highest BCUT2D eigenvalue weighted by Gasteiger charge is 2.09. The van der Waals surface area contributed by atoms with Gasteiger partial charge in [0.05, 0.1) is 0 Å². The third-order valence-corrected chi connectivity index (χ3v) is 4.71. The molecule has 0 radical (unpaired) electrons. The molecule has 1 aromatic carbocycles. The molecule has 1 atom stereocenters. The first-order chi connectivity index (χ1) is 9.99. The molecule has 0 amide bonds. The summed E-state index contributed by atoms with van der Waals surface area (Å²) in [7, 11) is 0. The van der Waals surface area contributed by atoms with Crippen molar-refractivity contribution in [1.29, 1.82) is 0 Å². The minimum Gasteiger partial charge on any atom is -0.488 e. The first-order valence-electron chi connectivity index (χ1n) is 7.55. The van der Waals surface area contributed by atoms with Crippen molar-refractivity contribution in [2.24, 2.45) is 5.73 Å². The van der Waals surface area contributed by atoms with Gasteiger partial charge in [0.15, 0.2) is 0 Å². The fourth-order valence-corrected chi connectivity index (χ4v) is 3.46. The van der Waals surface area contributed by atoms with Gasteiger partial charge in [0, 0.05) is 15.8 Å². The number of thiophene rings is 1. The summed E-state index contributed by atoms with van der Waals surface area (Å²) in [6, 6.07) is 8.93. The molecule has 114 valence electrons. The SMILES string of the molecule is CCc1ccc(COc2c(C)cc(CC(C)N)cc2C)s1. The van der Waals surface area contributed by atoms with Crippen LogP contribution in [0.3, 0.4) is 0 Å². The summed E-state index contributed by atoms with van der Waals surface area (Å²) in [5.74, 6) is 1.01. The van der Waals surface area contributed by atoms with Crippen molar-refractivity contribution in [3.05, 3.63) is 50.7 Å².